The Morgan fingerprint density at radius 1 is 1.28 bits per heavy atom. The Morgan fingerprint density at radius 3 is 2.76 bits per heavy atom. The molecule has 25 heavy (non-hydrogen) atoms. The number of carbonyl (C=O) groups excluding carboxylic acids is 1. The van der Waals surface area contributed by atoms with Crippen molar-refractivity contribution in [3.63, 3.8) is 0 Å². The third kappa shape index (κ3) is 4.26. The lowest BCUT2D eigenvalue weighted by Crippen LogP contribution is -2.23. The summed E-state index contributed by atoms with van der Waals surface area (Å²) in [6.07, 6.45) is 2.03. The van der Waals surface area contributed by atoms with Crippen molar-refractivity contribution in [1.29, 1.82) is 0 Å². The highest BCUT2D eigenvalue weighted by Crippen LogP contribution is 2.31. The molecular weight excluding hydrogens is 322 g/mol. The molecule has 0 atom stereocenters. The van der Waals surface area contributed by atoms with Crippen LogP contribution in [-0.2, 0) is 6.54 Å². The number of hydrogen-bond donors (Lipinski definition) is 2. The number of anilines is 1. The van der Waals surface area contributed by atoms with Crippen molar-refractivity contribution in [3.8, 4) is 5.75 Å². The van der Waals surface area contributed by atoms with Crippen LogP contribution in [0.2, 0.25) is 0 Å². The zero-order valence-electron chi connectivity index (χ0n) is 13.8. The number of carbonyl (C=O) groups is 1. The minimum Gasteiger partial charge on any atom is -0.497 e. The minimum atomic E-state index is -0.469. The standard InChI is InChI=1S/C18H19N3O4/c1-25-15-4-2-3-12(9-15)11-19-18(22)13-5-8-16(20-14-6-7-14)17(10-13)21(23)24/h2-5,8-10,14,20H,6-7,11H2,1H3,(H,19,22). The maximum atomic E-state index is 12.3. The molecule has 1 fully saturated rings. The molecule has 0 aliphatic heterocycles. The maximum Gasteiger partial charge on any atom is 0.293 e. The first kappa shape index (κ1) is 16.8. The number of amides is 1. The van der Waals surface area contributed by atoms with Crippen molar-refractivity contribution in [2.45, 2.75) is 25.4 Å². The van der Waals surface area contributed by atoms with Gasteiger partial charge in [0.2, 0.25) is 0 Å². The van der Waals surface area contributed by atoms with E-state index in [-0.39, 0.29) is 17.2 Å². The number of nitro groups is 1. The maximum absolute atomic E-state index is 12.3. The second-order valence-electron chi connectivity index (χ2n) is 5.94. The van der Waals surface area contributed by atoms with Crippen molar-refractivity contribution in [2.24, 2.45) is 0 Å². The molecule has 3 rings (SSSR count). The molecule has 1 amide bonds. The molecule has 130 valence electrons. The van der Waals surface area contributed by atoms with Gasteiger partial charge in [-0.2, -0.15) is 0 Å². The lowest BCUT2D eigenvalue weighted by atomic mass is 10.1. The molecule has 0 heterocycles. The summed E-state index contributed by atoms with van der Waals surface area (Å²) in [5.74, 6) is 0.349. The second-order valence-corrected chi connectivity index (χ2v) is 5.94. The van der Waals surface area contributed by atoms with Gasteiger partial charge in [-0.05, 0) is 42.7 Å². The SMILES string of the molecule is COc1cccc(CNC(=O)c2ccc(NC3CC3)c([N+](=O)[O-])c2)c1. The Morgan fingerprint density at radius 2 is 2.08 bits per heavy atom. The summed E-state index contributed by atoms with van der Waals surface area (Å²) in [4.78, 5) is 23.1. The van der Waals surface area contributed by atoms with Crippen LogP contribution in [0.3, 0.4) is 0 Å². The number of nitrogens with one attached hydrogen (secondary N) is 2. The average molecular weight is 341 g/mol. The third-order valence-corrected chi connectivity index (χ3v) is 3.98. The van der Waals surface area contributed by atoms with Crippen molar-refractivity contribution < 1.29 is 14.5 Å². The van der Waals surface area contributed by atoms with Crippen molar-refractivity contribution in [1.82, 2.24) is 5.32 Å². The fourth-order valence-electron chi connectivity index (χ4n) is 2.46. The summed E-state index contributed by atoms with van der Waals surface area (Å²) >= 11 is 0. The van der Waals surface area contributed by atoms with Crippen LogP contribution in [0.15, 0.2) is 42.5 Å². The van der Waals surface area contributed by atoms with Gasteiger partial charge in [0.15, 0.2) is 0 Å². The van der Waals surface area contributed by atoms with E-state index in [2.05, 4.69) is 10.6 Å². The zero-order valence-corrected chi connectivity index (χ0v) is 13.8. The topological polar surface area (TPSA) is 93.5 Å². The van der Waals surface area contributed by atoms with Crippen LogP contribution >= 0.6 is 0 Å². The predicted octanol–water partition coefficient (Wildman–Crippen LogP) is 3.11. The van der Waals surface area contributed by atoms with Crippen LogP contribution < -0.4 is 15.4 Å². The molecule has 0 bridgehead atoms. The molecule has 7 heteroatoms. The van der Waals surface area contributed by atoms with Gasteiger partial charge in [0.25, 0.3) is 11.6 Å². The highest BCUT2D eigenvalue weighted by Gasteiger charge is 2.25. The fraction of sp³-hybridized carbons (Fsp3) is 0.278. The average Bonchev–Trinajstić information content (AvgIpc) is 3.44. The Hall–Kier alpha value is -3.09. The van der Waals surface area contributed by atoms with E-state index in [1.807, 2.05) is 24.3 Å². The number of methoxy groups -OCH3 is 1. The van der Waals surface area contributed by atoms with Crippen LogP contribution in [-0.4, -0.2) is 24.0 Å². The molecule has 0 aromatic heterocycles. The van der Waals surface area contributed by atoms with E-state index < -0.39 is 4.92 Å². The molecule has 0 saturated heterocycles. The molecular formula is C18H19N3O4. The summed E-state index contributed by atoms with van der Waals surface area (Å²) in [5, 5.41) is 17.2. The lowest BCUT2D eigenvalue weighted by molar-refractivity contribution is -0.384. The molecule has 2 aromatic rings. The monoisotopic (exact) mass is 341 g/mol. The van der Waals surface area contributed by atoms with Crippen LogP contribution in [0.25, 0.3) is 0 Å². The van der Waals surface area contributed by atoms with Gasteiger partial charge in [-0.3, -0.25) is 14.9 Å². The first-order valence-corrected chi connectivity index (χ1v) is 8.03. The largest absolute Gasteiger partial charge is 0.497 e. The molecule has 0 spiro atoms. The third-order valence-electron chi connectivity index (χ3n) is 3.98. The number of benzene rings is 2. The Balaban J connectivity index is 1.70. The van der Waals surface area contributed by atoms with Crippen LogP contribution in [0, 0.1) is 10.1 Å². The summed E-state index contributed by atoms with van der Waals surface area (Å²) in [6, 6.07) is 12.1. The van der Waals surface area contributed by atoms with Crippen LogP contribution in [0.5, 0.6) is 5.75 Å². The minimum absolute atomic E-state index is 0.0825. The fourth-order valence-corrected chi connectivity index (χ4v) is 2.46. The van der Waals surface area contributed by atoms with Crippen LogP contribution in [0.4, 0.5) is 11.4 Å². The predicted molar refractivity (Wildman–Crippen MR) is 93.9 cm³/mol. The summed E-state index contributed by atoms with van der Waals surface area (Å²) in [5.41, 5.74) is 1.52. The number of hydrogen-bond acceptors (Lipinski definition) is 5. The smallest absolute Gasteiger partial charge is 0.293 e. The van der Waals surface area contributed by atoms with E-state index in [1.54, 1.807) is 19.2 Å². The van der Waals surface area contributed by atoms with Gasteiger partial charge in [0.05, 0.1) is 12.0 Å². The highest BCUT2D eigenvalue weighted by molar-refractivity contribution is 5.95. The number of nitrogens with zero attached hydrogens (tertiary/aromatic N) is 1. The van der Waals surface area contributed by atoms with E-state index in [9.17, 15) is 14.9 Å². The van der Waals surface area contributed by atoms with E-state index in [0.29, 0.717) is 24.0 Å². The quantitative estimate of drug-likeness (QED) is 0.596. The van der Waals surface area contributed by atoms with Crippen molar-refractivity contribution in [3.05, 3.63) is 63.7 Å². The van der Waals surface area contributed by atoms with E-state index in [1.165, 1.54) is 6.07 Å². The normalized spacial score (nSPS) is 13.2. The molecule has 0 unspecified atom stereocenters. The Labute approximate surface area is 145 Å². The summed E-state index contributed by atoms with van der Waals surface area (Å²) in [6.45, 7) is 0.311. The van der Waals surface area contributed by atoms with E-state index >= 15 is 0 Å². The van der Waals surface area contributed by atoms with Gasteiger partial charge in [-0.15, -0.1) is 0 Å². The Kier molecular flexibility index (Phi) is 4.83. The number of nitro benzene ring substituents is 1. The molecule has 0 radical (unpaired) electrons. The molecule has 2 N–H and O–H groups in total. The molecule has 7 nitrogen and oxygen atoms in total. The lowest BCUT2D eigenvalue weighted by Gasteiger charge is -2.09. The molecule has 1 saturated carbocycles. The molecule has 2 aromatic carbocycles. The van der Waals surface area contributed by atoms with Gasteiger partial charge < -0.3 is 15.4 Å². The van der Waals surface area contributed by atoms with Gasteiger partial charge >= 0.3 is 0 Å². The van der Waals surface area contributed by atoms with Gasteiger partial charge in [-0.25, -0.2) is 0 Å². The first-order chi connectivity index (χ1) is 12.1. The Bertz CT molecular complexity index is 803. The van der Waals surface area contributed by atoms with E-state index in [0.717, 1.165) is 18.4 Å². The summed E-state index contributed by atoms with van der Waals surface area (Å²) < 4.78 is 5.14. The first-order valence-electron chi connectivity index (χ1n) is 8.03. The summed E-state index contributed by atoms with van der Waals surface area (Å²) in [7, 11) is 1.58. The highest BCUT2D eigenvalue weighted by atomic mass is 16.6. The van der Waals surface area contributed by atoms with Crippen LogP contribution in [0.1, 0.15) is 28.8 Å². The molecule has 1 aliphatic rings. The second kappa shape index (κ2) is 7.21. The van der Waals surface area contributed by atoms with Crippen molar-refractivity contribution in [2.75, 3.05) is 12.4 Å². The zero-order chi connectivity index (χ0) is 17.8. The van der Waals surface area contributed by atoms with E-state index in [4.69, 9.17) is 4.74 Å². The number of rotatable bonds is 7. The van der Waals surface area contributed by atoms with Crippen molar-refractivity contribution >= 4 is 17.3 Å². The van der Waals surface area contributed by atoms with Gasteiger partial charge in [0.1, 0.15) is 11.4 Å². The molecule has 1 aliphatic carbocycles. The van der Waals surface area contributed by atoms with Gasteiger partial charge in [0, 0.05) is 24.2 Å². The number of ether oxygens (including phenoxy) is 1. The van der Waals surface area contributed by atoms with Gasteiger partial charge in [-0.1, -0.05) is 12.1 Å².